The van der Waals surface area contributed by atoms with Crippen LogP contribution in [-0.4, -0.2) is 5.91 Å². The molecule has 0 radical (unpaired) electrons. The molecule has 1 N–H and O–H groups in total. The van der Waals surface area contributed by atoms with E-state index in [-0.39, 0.29) is 11.9 Å². The second kappa shape index (κ2) is 3.28. The minimum absolute atomic E-state index is 0.0128. The van der Waals surface area contributed by atoms with Crippen molar-refractivity contribution in [2.24, 2.45) is 5.92 Å². The van der Waals surface area contributed by atoms with Gasteiger partial charge in [0.2, 0.25) is 0 Å². The molecule has 1 atom stereocenters. The first kappa shape index (κ1) is 9.53. The Morgan fingerprint density at radius 1 is 1.43 bits per heavy atom. The lowest BCUT2D eigenvalue weighted by molar-refractivity contribution is 0.0949. The summed E-state index contributed by atoms with van der Waals surface area (Å²) < 4.78 is 0. The summed E-state index contributed by atoms with van der Waals surface area (Å²) in [5.41, 5.74) is 1.67. The zero-order valence-corrected chi connectivity index (χ0v) is 8.93. The highest BCUT2D eigenvalue weighted by molar-refractivity contribution is 6.32. The van der Waals surface area contributed by atoms with Gasteiger partial charge in [0.25, 0.3) is 5.91 Å². The smallest absolute Gasteiger partial charge is 0.252 e. The van der Waals surface area contributed by atoms with Gasteiger partial charge in [0, 0.05) is 16.1 Å². The molecular weight excluding hydrogens is 198 g/mol. The van der Waals surface area contributed by atoms with Crippen LogP contribution in [0, 0.1) is 5.92 Å². The monoisotopic (exact) mass is 209 g/mol. The first-order valence-electron chi connectivity index (χ1n) is 4.70. The third kappa shape index (κ3) is 1.30. The zero-order valence-electron chi connectivity index (χ0n) is 8.17. The number of halogens is 1. The van der Waals surface area contributed by atoms with Crippen molar-refractivity contribution in [1.82, 2.24) is 5.32 Å². The minimum Gasteiger partial charge on any atom is -0.345 e. The second-order valence-corrected chi connectivity index (χ2v) is 4.30. The summed E-state index contributed by atoms with van der Waals surface area (Å²) in [5.74, 6) is 0.348. The summed E-state index contributed by atoms with van der Waals surface area (Å²) >= 11 is 6.08. The number of benzene rings is 1. The first-order chi connectivity index (χ1) is 6.61. The van der Waals surface area contributed by atoms with Crippen molar-refractivity contribution in [3.05, 3.63) is 34.3 Å². The summed E-state index contributed by atoms with van der Waals surface area (Å²) in [6.07, 6.45) is 0. The standard InChI is InChI=1S/C11H12ClNO/c1-6(2)10-9-7(11(14)13-10)4-3-5-8(9)12/h3-6,10H,1-2H3,(H,13,14). The van der Waals surface area contributed by atoms with Gasteiger partial charge in [0.05, 0.1) is 6.04 Å². The summed E-state index contributed by atoms with van der Waals surface area (Å²) in [6.45, 7) is 4.15. The van der Waals surface area contributed by atoms with Crippen LogP contribution in [0.5, 0.6) is 0 Å². The summed E-state index contributed by atoms with van der Waals surface area (Å²) in [6, 6.07) is 5.52. The summed E-state index contributed by atoms with van der Waals surface area (Å²) in [5, 5.41) is 3.62. The summed E-state index contributed by atoms with van der Waals surface area (Å²) in [4.78, 5) is 11.6. The van der Waals surface area contributed by atoms with E-state index < -0.39 is 0 Å². The molecule has 1 unspecified atom stereocenters. The number of carbonyl (C=O) groups is 1. The largest absolute Gasteiger partial charge is 0.345 e. The van der Waals surface area contributed by atoms with Crippen molar-refractivity contribution in [3.8, 4) is 0 Å². The van der Waals surface area contributed by atoms with Crippen LogP contribution in [0.15, 0.2) is 18.2 Å². The lowest BCUT2D eigenvalue weighted by Gasteiger charge is -2.16. The Morgan fingerprint density at radius 2 is 2.14 bits per heavy atom. The molecule has 0 aliphatic carbocycles. The highest BCUT2D eigenvalue weighted by Gasteiger charge is 2.32. The second-order valence-electron chi connectivity index (χ2n) is 3.90. The molecule has 1 aliphatic heterocycles. The predicted octanol–water partition coefficient (Wildman–Crippen LogP) is 2.78. The van der Waals surface area contributed by atoms with Gasteiger partial charge in [0.15, 0.2) is 0 Å². The van der Waals surface area contributed by atoms with Gasteiger partial charge in [-0.3, -0.25) is 4.79 Å². The molecule has 2 nitrogen and oxygen atoms in total. The fraction of sp³-hybridized carbons (Fsp3) is 0.364. The fourth-order valence-electron chi connectivity index (χ4n) is 1.84. The van der Waals surface area contributed by atoms with Crippen LogP contribution < -0.4 is 5.32 Å². The maximum atomic E-state index is 11.6. The molecule has 0 bridgehead atoms. The van der Waals surface area contributed by atoms with E-state index in [4.69, 9.17) is 11.6 Å². The molecule has 0 fully saturated rings. The van der Waals surface area contributed by atoms with Gasteiger partial charge in [-0.15, -0.1) is 0 Å². The van der Waals surface area contributed by atoms with Crippen LogP contribution in [0.4, 0.5) is 0 Å². The fourth-order valence-corrected chi connectivity index (χ4v) is 2.13. The van der Waals surface area contributed by atoms with Gasteiger partial charge in [-0.05, 0) is 18.1 Å². The number of rotatable bonds is 1. The van der Waals surface area contributed by atoms with E-state index in [1.807, 2.05) is 18.2 Å². The molecule has 74 valence electrons. The molecule has 1 aliphatic rings. The van der Waals surface area contributed by atoms with E-state index in [2.05, 4.69) is 19.2 Å². The van der Waals surface area contributed by atoms with Crippen LogP contribution in [0.25, 0.3) is 0 Å². The lowest BCUT2D eigenvalue weighted by atomic mass is 9.96. The molecule has 0 spiro atoms. The molecule has 1 amide bonds. The highest BCUT2D eigenvalue weighted by atomic mass is 35.5. The van der Waals surface area contributed by atoms with Crippen LogP contribution in [0.1, 0.15) is 35.8 Å². The Bertz CT molecular complexity index is 387. The van der Waals surface area contributed by atoms with Crippen molar-refractivity contribution in [1.29, 1.82) is 0 Å². The third-order valence-corrected chi connectivity index (χ3v) is 2.89. The van der Waals surface area contributed by atoms with Crippen LogP contribution in [0.3, 0.4) is 0 Å². The first-order valence-corrected chi connectivity index (χ1v) is 5.08. The Labute approximate surface area is 88.3 Å². The van der Waals surface area contributed by atoms with Crippen molar-refractivity contribution >= 4 is 17.5 Å². The van der Waals surface area contributed by atoms with Crippen LogP contribution >= 0.6 is 11.6 Å². The average molecular weight is 210 g/mol. The number of amides is 1. The number of hydrogen-bond donors (Lipinski definition) is 1. The molecule has 1 heterocycles. The van der Waals surface area contributed by atoms with E-state index >= 15 is 0 Å². The van der Waals surface area contributed by atoms with Crippen molar-refractivity contribution in [3.63, 3.8) is 0 Å². The Hall–Kier alpha value is -1.02. The minimum atomic E-state index is -0.0128. The molecule has 1 aromatic carbocycles. The van der Waals surface area contributed by atoms with E-state index in [1.54, 1.807) is 0 Å². The third-order valence-electron chi connectivity index (χ3n) is 2.56. The molecule has 1 aromatic rings. The predicted molar refractivity (Wildman–Crippen MR) is 56.5 cm³/mol. The van der Waals surface area contributed by atoms with Gasteiger partial charge in [0.1, 0.15) is 0 Å². The van der Waals surface area contributed by atoms with Crippen LogP contribution in [-0.2, 0) is 0 Å². The van der Waals surface area contributed by atoms with E-state index in [9.17, 15) is 4.79 Å². The topological polar surface area (TPSA) is 29.1 Å². The lowest BCUT2D eigenvalue weighted by Crippen LogP contribution is -2.22. The van der Waals surface area contributed by atoms with E-state index in [1.165, 1.54) is 0 Å². The molecule has 0 saturated heterocycles. The number of hydrogen-bond acceptors (Lipinski definition) is 1. The molecule has 3 heteroatoms. The molecular formula is C11H12ClNO. The van der Waals surface area contributed by atoms with Gasteiger partial charge < -0.3 is 5.32 Å². The molecule has 2 rings (SSSR count). The highest BCUT2D eigenvalue weighted by Crippen LogP contribution is 2.35. The molecule has 0 saturated carbocycles. The Morgan fingerprint density at radius 3 is 2.79 bits per heavy atom. The van der Waals surface area contributed by atoms with Gasteiger partial charge >= 0.3 is 0 Å². The quantitative estimate of drug-likeness (QED) is 0.757. The Balaban J connectivity index is 2.56. The zero-order chi connectivity index (χ0) is 10.3. The molecule has 14 heavy (non-hydrogen) atoms. The van der Waals surface area contributed by atoms with Gasteiger partial charge in [-0.25, -0.2) is 0 Å². The average Bonchev–Trinajstić information content (AvgIpc) is 2.46. The van der Waals surface area contributed by atoms with Crippen LogP contribution in [0.2, 0.25) is 5.02 Å². The van der Waals surface area contributed by atoms with Gasteiger partial charge in [-0.1, -0.05) is 31.5 Å². The van der Waals surface area contributed by atoms with Crippen molar-refractivity contribution in [2.45, 2.75) is 19.9 Å². The van der Waals surface area contributed by atoms with E-state index in [0.717, 1.165) is 11.1 Å². The number of carbonyl (C=O) groups excluding carboxylic acids is 1. The van der Waals surface area contributed by atoms with Crippen molar-refractivity contribution < 1.29 is 4.79 Å². The normalized spacial score (nSPS) is 19.7. The number of fused-ring (bicyclic) bond motifs is 1. The maximum Gasteiger partial charge on any atom is 0.252 e. The van der Waals surface area contributed by atoms with E-state index in [0.29, 0.717) is 10.9 Å². The van der Waals surface area contributed by atoms with Crippen molar-refractivity contribution in [2.75, 3.05) is 0 Å². The Kier molecular flexibility index (Phi) is 2.23. The van der Waals surface area contributed by atoms with Gasteiger partial charge in [-0.2, -0.15) is 0 Å². The SMILES string of the molecule is CC(C)C1NC(=O)c2cccc(Cl)c21. The summed E-state index contributed by atoms with van der Waals surface area (Å²) in [7, 11) is 0. The maximum absolute atomic E-state index is 11.6. The molecule has 0 aromatic heterocycles. The number of nitrogens with one attached hydrogen (secondary N) is 1.